The summed E-state index contributed by atoms with van der Waals surface area (Å²) in [5.41, 5.74) is -0.302. The van der Waals surface area contributed by atoms with Crippen molar-refractivity contribution in [2.45, 2.75) is 43.9 Å². The highest BCUT2D eigenvalue weighted by molar-refractivity contribution is 6.21. The zero-order valence-corrected chi connectivity index (χ0v) is 11.2. The van der Waals surface area contributed by atoms with Gasteiger partial charge in [-0.2, -0.15) is 0 Å². The summed E-state index contributed by atoms with van der Waals surface area (Å²) in [6.45, 7) is 1.58. The molecule has 0 bridgehead atoms. The second-order valence-electron chi connectivity index (χ2n) is 5.83. The molecule has 3 rings (SSSR count). The molecule has 1 saturated carbocycles. The van der Waals surface area contributed by atoms with Crippen LogP contribution in [0.5, 0.6) is 0 Å². The standard InChI is InChI=1S/C15H17NO4/c1-15(20)7-6-9(8-12(15)17)16-13(18)10-4-2-3-5-11(10)14(16)19/h2-5,9,12,17,20H,6-8H2,1H3/t9-,12+,15+/m0/s1. The first kappa shape index (κ1) is 13.3. The highest BCUT2D eigenvalue weighted by Crippen LogP contribution is 2.34. The maximum Gasteiger partial charge on any atom is 0.261 e. The van der Waals surface area contributed by atoms with Gasteiger partial charge in [0.05, 0.1) is 22.8 Å². The van der Waals surface area contributed by atoms with E-state index in [1.807, 2.05) is 0 Å². The van der Waals surface area contributed by atoms with E-state index < -0.39 is 11.7 Å². The average Bonchev–Trinajstić information content (AvgIpc) is 2.67. The Morgan fingerprint density at radius 1 is 1.20 bits per heavy atom. The second-order valence-corrected chi connectivity index (χ2v) is 5.83. The van der Waals surface area contributed by atoms with Crippen LogP contribution in [0, 0.1) is 0 Å². The van der Waals surface area contributed by atoms with Crippen molar-refractivity contribution in [2.75, 3.05) is 0 Å². The SMILES string of the molecule is C[C@@]1(O)CC[C@H](N2C(=O)c3ccccc3C2=O)C[C@H]1O. The van der Waals surface area contributed by atoms with Gasteiger partial charge in [0.15, 0.2) is 0 Å². The summed E-state index contributed by atoms with van der Waals surface area (Å²) in [5.74, 6) is -0.603. The maximum atomic E-state index is 12.3. The minimum absolute atomic E-state index is 0.221. The Kier molecular flexibility index (Phi) is 2.92. The number of amides is 2. The third kappa shape index (κ3) is 1.85. The molecule has 0 radical (unpaired) electrons. The van der Waals surface area contributed by atoms with Gasteiger partial charge in [-0.1, -0.05) is 12.1 Å². The van der Waals surface area contributed by atoms with Crippen LogP contribution in [0.4, 0.5) is 0 Å². The molecule has 3 atom stereocenters. The van der Waals surface area contributed by atoms with Crippen molar-refractivity contribution < 1.29 is 19.8 Å². The second kappa shape index (κ2) is 4.40. The number of carbonyl (C=O) groups excluding carboxylic acids is 2. The van der Waals surface area contributed by atoms with Crippen molar-refractivity contribution in [1.29, 1.82) is 0 Å². The first-order valence-corrected chi connectivity index (χ1v) is 6.79. The number of nitrogens with zero attached hydrogens (tertiary/aromatic N) is 1. The summed E-state index contributed by atoms with van der Waals surface area (Å²) in [6, 6.07) is 6.40. The molecule has 5 heteroatoms. The van der Waals surface area contributed by atoms with Crippen LogP contribution >= 0.6 is 0 Å². The normalized spacial score (nSPS) is 33.5. The summed E-state index contributed by atoms with van der Waals surface area (Å²) in [4.78, 5) is 25.9. The van der Waals surface area contributed by atoms with Crippen LogP contribution < -0.4 is 0 Å². The first-order valence-electron chi connectivity index (χ1n) is 6.79. The van der Waals surface area contributed by atoms with E-state index in [0.717, 1.165) is 0 Å². The zero-order chi connectivity index (χ0) is 14.5. The summed E-state index contributed by atoms with van der Waals surface area (Å²) < 4.78 is 0. The molecule has 0 spiro atoms. The fraction of sp³-hybridized carbons (Fsp3) is 0.467. The van der Waals surface area contributed by atoms with Crippen LogP contribution in [0.1, 0.15) is 46.9 Å². The Balaban J connectivity index is 1.87. The summed E-state index contributed by atoms with van der Waals surface area (Å²) in [6.07, 6.45) is 0.172. The number of carbonyl (C=O) groups is 2. The van der Waals surface area contributed by atoms with Gasteiger partial charge in [-0.15, -0.1) is 0 Å². The van der Waals surface area contributed by atoms with Crippen molar-refractivity contribution in [1.82, 2.24) is 4.90 Å². The molecular weight excluding hydrogens is 258 g/mol. The fourth-order valence-corrected chi connectivity index (χ4v) is 3.03. The van der Waals surface area contributed by atoms with Crippen molar-refractivity contribution in [3.63, 3.8) is 0 Å². The van der Waals surface area contributed by atoms with E-state index in [0.29, 0.717) is 24.0 Å². The molecule has 0 unspecified atom stereocenters. The lowest BCUT2D eigenvalue weighted by atomic mass is 9.80. The van der Waals surface area contributed by atoms with Crippen LogP contribution in [0.25, 0.3) is 0 Å². The smallest absolute Gasteiger partial charge is 0.261 e. The van der Waals surface area contributed by atoms with Gasteiger partial charge in [-0.3, -0.25) is 14.5 Å². The van der Waals surface area contributed by atoms with Crippen LogP contribution in [-0.4, -0.2) is 44.7 Å². The molecule has 1 heterocycles. The predicted octanol–water partition coefficient (Wildman–Crippen LogP) is 0.947. The van der Waals surface area contributed by atoms with E-state index in [-0.39, 0.29) is 24.3 Å². The highest BCUT2D eigenvalue weighted by atomic mass is 16.3. The molecule has 106 valence electrons. The Morgan fingerprint density at radius 3 is 2.25 bits per heavy atom. The number of benzene rings is 1. The lowest BCUT2D eigenvalue weighted by Crippen LogP contribution is -2.52. The Hall–Kier alpha value is -1.72. The molecule has 2 aliphatic rings. The molecule has 1 fully saturated rings. The maximum absolute atomic E-state index is 12.3. The number of hydrogen-bond acceptors (Lipinski definition) is 4. The lowest BCUT2D eigenvalue weighted by molar-refractivity contribution is -0.0992. The van der Waals surface area contributed by atoms with Gasteiger partial charge in [0.25, 0.3) is 11.8 Å². The monoisotopic (exact) mass is 275 g/mol. The van der Waals surface area contributed by atoms with Crippen LogP contribution in [0.15, 0.2) is 24.3 Å². The third-order valence-electron chi connectivity index (χ3n) is 4.39. The van der Waals surface area contributed by atoms with Crippen LogP contribution in [-0.2, 0) is 0 Å². The van der Waals surface area contributed by atoms with Crippen molar-refractivity contribution in [2.24, 2.45) is 0 Å². The first-order chi connectivity index (χ1) is 9.42. The van der Waals surface area contributed by atoms with Gasteiger partial charge in [0.1, 0.15) is 0 Å². The van der Waals surface area contributed by atoms with Gasteiger partial charge in [-0.25, -0.2) is 0 Å². The summed E-state index contributed by atoms with van der Waals surface area (Å²) in [7, 11) is 0. The quantitative estimate of drug-likeness (QED) is 0.748. The lowest BCUT2D eigenvalue weighted by Gasteiger charge is -2.40. The van der Waals surface area contributed by atoms with Gasteiger partial charge < -0.3 is 10.2 Å². The molecule has 2 amide bonds. The van der Waals surface area contributed by atoms with E-state index in [4.69, 9.17) is 0 Å². The minimum Gasteiger partial charge on any atom is -0.390 e. The number of imide groups is 1. The molecule has 1 aliphatic carbocycles. The number of aliphatic hydroxyl groups is 2. The predicted molar refractivity (Wildman–Crippen MR) is 71.2 cm³/mol. The average molecular weight is 275 g/mol. The van der Waals surface area contributed by atoms with Crippen molar-refractivity contribution in [3.8, 4) is 0 Å². The molecule has 0 saturated heterocycles. The van der Waals surface area contributed by atoms with E-state index in [9.17, 15) is 19.8 Å². The Morgan fingerprint density at radius 2 is 1.75 bits per heavy atom. The molecule has 0 aromatic heterocycles. The van der Waals surface area contributed by atoms with Crippen LogP contribution in [0.3, 0.4) is 0 Å². The van der Waals surface area contributed by atoms with E-state index in [1.165, 1.54) is 4.90 Å². The fourth-order valence-electron chi connectivity index (χ4n) is 3.03. The van der Waals surface area contributed by atoms with Gasteiger partial charge >= 0.3 is 0 Å². The number of fused-ring (bicyclic) bond motifs is 1. The van der Waals surface area contributed by atoms with E-state index in [2.05, 4.69) is 0 Å². The molecule has 2 N–H and O–H groups in total. The van der Waals surface area contributed by atoms with Crippen LogP contribution in [0.2, 0.25) is 0 Å². The highest BCUT2D eigenvalue weighted by Gasteiger charge is 2.45. The van der Waals surface area contributed by atoms with E-state index in [1.54, 1.807) is 31.2 Å². The Bertz CT molecular complexity index is 546. The minimum atomic E-state index is -1.14. The number of rotatable bonds is 1. The largest absolute Gasteiger partial charge is 0.390 e. The molecule has 1 aromatic rings. The number of hydrogen-bond donors (Lipinski definition) is 2. The van der Waals surface area contributed by atoms with Gasteiger partial charge in [0.2, 0.25) is 0 Å². The van der Waals surface area contributed by atoms with Crippen molar-refractivity contribution >= 4 is 11.8 Å². The zero-order valence-electron chi connectivity index (χ0n) is 11.2. The molecule has 1 aromatic carbocycles. The Labute approximate surface area is 116 Å². The summed E-state index contributed by atoms with van der Waals surface area (Å²) in [5, 5.41) is 19.9. The molecular formula is C15H17NO4. The molecule has 1 aliphatic heterocycles. The number of aliphatic hydroxyl groups excluding tert-OH is 1. The van der Waals surface area contributed by atoms with Gasteiger partial charge in [-0.05, 0) is 38.3 Å². The van der Waals surface area contributed by atoms with E-state index >= 15 is 0 Å². The molecule has 20 heavy (non-hydrogen) atoms. The molecule has 5 nitrogen and oxygen atoms in total. The van der Waals surface area contributed by atoms with Gasteiger partial charge in [0, 0.05) is 6.04 Å². The van der Waals surface area contributed by atoms with Crippen molar-refractivity contribution in [3.05, 3.63) is 35.4 Å². The summed E-state index contributed by atoms with van der Waals surface area (Å²) >= 11 is 0. The topological polar surface area (TPSA) is 77.8 Å². The third-order valence-corrected chi connectivity index (χ3v) is 4.39.